The standard InChI is InChI=1S/C14H18FNO4/c1-2-3-4-5-6-9-20-14(17)11-7-8-13(16(18)19)12(15)10-11/h7-8,10H,2-6,9H2,1H3. The molecule has 1 aromatic rings. The first-order valence-electron chi connectivity index (χ1n) is 6.67. The van der Waals surface area contributed by atoms with Crippen molar-refractivity contribution in [2.24, 2.45) is 0 Å². The number of hydrogen-bond acceptors (Lipinski definition) is 4. The molecule has 0 saturated carbocycles. The molecule has 1 aromatic carbocycles. The third kappa shape index (κ3) is 4.95. The van der Waals surface area contributed by atoms with Crippen LogP contribution in [0.3, 0.4) is 0 Å². The predicted molar refractivity (Wildman–Crippen MR) is 72.1 cm³/mol. The van der Waals surface area contributed by atoms with Crippen molar-refractivity contribution >= 4 is 11.7 Å². The van der Waals surface area contributed by atoms with Gasteiger partial charge in [0.1, 0.15) is 0 Å². The summed E-state index contributed by atoms with van der Waals surface area (Å²) in [6, 6.07) is 2.99. The van der Waals surface area contributed by atoms with Gasteiger partial charge in [-0.15, -0.1) is 0 Å². The SMILES string of the molecule is CCCCCCCOC(=O)c1ccc([N+](=O)[O-])c(F)c1. The summed E-state index contributed by atoms with van der Waals surface area (Å²) in [5.41, 5.74) is -0.664. The number of carbonyl (C=O) groups is 1. The largest absolute Gasteiger partial charge is 0.462 e. The fourth-order valence-electron chi connectivity index (χ4n) is 1.74. The fourth-order valence-corrected chi connectivity index (χ4v) is 1.74. The molecule has 5 nitrogen and oxygen atoms in total. The summed E-state index contributed by atoms with van der Waals surface area (Å²) >= 11 is 0. The van der Waals surface area contributed by atoms with E-state index in [2.05, 4.69) is 6.92 Å². The third-order valence-electron chi connectivity index (χ3n) is 2.86. The van der Waals surface area contributed by atoms with Crippen LogP contribution in [0, 0.1) is 15.9 Å². The van der Waals surface area contributed by atoms with E-state index in [-0.39, 0.29) is 12.2 Å². The highest BCUT2D eigenvalue weighted by Crippen LogP contribution is 2.18. The zero-order chi connectivity index (χ0) is 15.0. The van der Waals surface area contributed by atoms with Crippen LogP contribution in [-0.4, -0.2) is 17.5 Å². The molecule has 0 aromatic heterocycles. The van der Waals surface area contributed by atoms with Gasteiger partial charge >= 0.3 is 11.7 Å². The summed E-state index contributed by atoms with van der Waals surface area (Å²) in [6.07, 6.45) is 5.14. The third-order valence-corrected chi connectivity index (χ3v) is 2.86. The highest BCUT2D eigenvalue weighted by molar-refractivity contribution is 5.89. The number of halogens is 1. The average Bonchev–Trinajstić information content (AvgIpc) is 2.41. The van der Waals surface area contributed by atoms with Gasteiger partial charge in [0.2, 0.25) is 5.82 Å². The molecule has 6 heteroatoms. The van der Waals surface area contributed by atoms with Gasteiger partial charge in [0, 0.05) is 6.07 Å². The van der Waals surface area contributed by atoms with Crippen molar-refractivity contribution in [3.8, 4) is 0 Å². The molecule has 0 amide bonds. The number of esters is 1. The number of hydrogen-bond donors (Lipinski definition) is 0. The van der Waals surface area contributed by atoms with Crippen molar-refractivity contribution < 1.29 is 18.8 Å². The van der Waals surface area contributed by atoms with Crippen LogP contribution >= 0.6 is 0 Å². The first-order valence-corrected chi connectivity index (χ1v) is 6.67. The van der Waals surface area contributed by atoms with Gasteiger partial charge < -0.3 is 4.74 Å². The van der Waals surface area contributed by atoms with Crippen molar-refractivity contribution in [1.29, 1.82) is 0 Å². The molecule has 0 unspecified atom stereocenters. The van der Waals surface area contributed by atoms with Crippen LogP contribution in [0.25, 0.3) is 0 Å². The molecule has 0 N–H and O–H groups in total. The summed E-state index contributed by atoms with van der Waals surface area (Å²) < 4.78 is 18.3. The van der Waals surface area contributed by atoms with Crippen molar-refractivity contribution in [2.45, 2.75) is 39.0 Å². The Labute approximate surface area is 116 Å². The summed E-state index contributed by atoms with van der Waals surface area (Å²) in [6.45, 7) is 2.39. The Morgan fingerprint density at radius 3 is 2.60 bits per heavy atom. The number of ether oxygens (including phenoxy) is 1. The Kier molecular flexibility index (Phi) is 6.63. The molecule has 0 aliphatic rings. The quantitative estimate of drug-likeness (QED) is 0.314. The van der Waals surface area contributed by atoms with E-state index in [4.69, 9.17) is 4.74 Å². The van der Waals surface area contributed by atoms with E-state index in [1.54, 1.807) is 0 Å². The lowest BCUT2D eigenvalue weighted by Crippen LogP contribution is -2.07. The first kappa shape index (κ1) is 16.1. The topological polar surface area (TPSA) is 69.4 Å². The van der Waals surface area contributed by atoms with E-state index < -0.39 is 22.4 Å². The Bertz CT molecular complexity index is 476. The van der Waals surface area contributed by atoms with Crippen LogP contribution in [0.15, 0.2) is 18.2 Å². The molecule has 0 fully saturated rings. The molecule has 0 bridgehead atoms. The lowest BCUT2D eigenvalue weighted by molar-refractivity contribution is -0.387. The molecule has 110 valence electrons. The van der Waals surface area contributed by atoms with Gasteiger partial charge in [-0.1, -0.05) is 32.6 Å². The summed E-state index contributed by atoms with van der Waals surface area (Å²) in [5.74, 6) is -1.69. The van der Waals surface area contributed by atoms with E-state index in [9.17, 15) is 19.3 Å². The maximum Gasteiger partial charge on any atom is 0.338 e. The molecule has 0 atom stereocenters. The molecular formula is C14H18FNO4. The average molecular weight is 283 g/mol. The van der Waals surface area contributed by atoms with E-state index in [1.807, 2.05) is 0 Å². The summed E-state index contributed by atoms with van der Waals surface area (Å²) in [5, 5.41) is 10.4. The zero-order valence-corrected chi connectivity index (χ0v) is 11.4. The predicted octanol–water partition coefficient (Wildman–Crippen LogP) is 3.86. The second-order valence-corrected chi connectivity index (χ2v) is 4.47. The van der Waals surface area contributed by atoms with E-state index in [0.29, 0.717) is 0 Å². The molecular weight excluding hydrogens is 265 g/mol. The van der Waals surface area contributed by atoms with Crippen molar-refractivity contribution in [3.63, 3.8) is 0 Å². The Morgan fingerprint density at radius 1 is 1.30 bits per heavy atom. The minimum absolute atomic E-state index is 0.0124. The number of nitrogens with zero attached hydrogens (tertiary/aromatic N) is 1. The van der Waals surface area contributed by atoms with Crippen molar-refractivity contribution in [1.82, 2.24) is 0 Å². The van der Waals surface area contributed by atoms with Crippen LogP contribution in [0.2, 0.25) is 0 Å². The highest BCUT2D eigenvalue weighted by Gasteiger charge is 2.17. The van der Waals surface area contributed by atoms with Gasteiger partial charge in [0.05, 0.1) is 17.1 Å². The van der Waals surface area contributed by atoms with Gasteiger partial charge in [-0.3, -0.25) is 10.1 Å². The normalized spacial score (nSPS) is 10.3. The number of carbonyl (C=O) groups excluding carboxylic acids is 1. The molecule has 0 heterocycles. The number of nitro groups is 1. The zero-order valence-electron chi connectivity index (χ0n) is 11.4. The van der Waals surface area contributed by atoms with Crippen molar-refractivity contribution in [3.05, 3.63) is 39.7 Å². The highest BCUT2D eigenvalue weighted by atomic mass is 19.1. The molecule has 0 radical (unpaired) electrons. The van der Waals surface area contributed by atoms with E-state index >= 15 is 0 Å². The maximum atomic E-state index is 13.3. The molecule has 0 spiro atoms. The van der Waals surface area contributed by atoms with Gasteiger partial charge in [-0.25, -0.2) is 4.79 Å². The number of nitro benzene ring substituents is 1. The van der Waals surface area contributed by atoms with Gasteiger partial charge in [-0.05, 0) is 18.6 Å². The molecule has 0 saturated heterocycles. The van der Waals surface area contributed by atoms with Crippen LogP contribution in [0.1, 0.15) is 49.4 Å². The smallest absolute Gasteiger partial charge is 0.338 e. The molecule has 0 aliphatic heterocycles. The van der Waals surface area contributed by atoms with E-state index in [1.165, 1.54) is 6.07 Å². The fraction of sp³-hybridized carbons (Fsp3) is 0.500. The Hall–Kier alpha value is -1.98. The van der Waals surface area contributed by atoms with Gasteiger partial charge in [0.15, 0.2) is 0 Å². The van der Waals surface area contributed by atoms with Crippen LogP contribution in [0.5, 0.6) is 0 Å². The number of rotatable bonds is 8. The van der Waals surface area contributed by atoms with Crippen LogP contribution in [0.4, 0.5) is 10.1 Å². The Balaban J connectivity index is 2.44. The minimum Gasteiger partial charge on any atom is -0.462 e. The number of unbranched alkanes of at least 4 members (excludes halogenated alkanes) is 4. The van der Waals surface area contributed by atoms with Gasteiger partial charge in [0.25, 0.3) is 0 Å². The summed E-state index contributed by atoms with van der Waals surface area (Å²) in [4.78, 5) is 21.2. The lowest BCUT2D eigenvalue weighted by Gasteiger charge is -2.05. The molecule has 1 rings (SSSR count). The monoisotopic (exact) mass is 283 g/mol. The van der Waals surface area contributed by atoms with Crippen LogP contribution < -0.4 is 0 Å². The first-order chi connectivity index (χ1) is 9.56. The second-order valence-electron chi connectivity index (χ2n) is 4.47. The van der Waals surface area contributed by atoms with Gasteiger partial charge in [-0.2, -0.15) is 4.39 Å². The lowest BCUT2D eigenvalue weighted by atomic mass is 10.1. The Morgan fingerprint density at radius 2 is 2.00 bits per heavy atom. The summed E-state index contributed by atoms with van der Waals surface area (Å²) in [7, 11) is 0. The second kappa shape index (κ2) is 8.24. The van der Waals surface area contributed by atoms with Crippen molar-refractivity contribution in [2.75, 3.05) is 6.61 Å². The molecule has 0 aliphatic carbocycles. The van der Waals surface area contributed by atoms with E-state index in [0.717, 1.165) is 44.2 Å². The maximum absolute atomic E-state index is 13.3. The van der Waals surface area contributed by atoms with Crippen LogP contribution in [-0.2, 0) is 4.74 Å². The number of benzene rings is 1. The molecule has 20 heavy (non-hydrogen) atoms. The minimum atomic E-state index is -1.03.